The molecule has 0 spiro atoms. The summed E-state index contributed by atoms with van der Waals surface area (Å²) < 4.78 is 1.95. The van der Waals surface area contributed by atoms with Crippen molar-refractivity contribution in [2.24, 2.45) is 0 Å². The van der Waals surface area contributed by atoms with Crippen molar-refractivity contribution in [1.82, 2.24) is 14.4 Å². The van der Waals surface area contributed by atoms with Gasteiger partial charge in [-0.05, 0) is 35.2 Å². The molecule has 2 heterocycles. The van der Waals surface area contributed by atoms with Gasteiger partial charge in [0.15, 0.2) is 5.65 Å². The number of hydrogen-bond donors (Lipinski definition) is 1. The molecule has 5 nitrogen and oxygen atoms in total. The standard InChI is InChI=1S/C21H19N3O2/c1-21(2,3)15-6-4-5-13(11-15)18-19-22-9-10-24(19)17-8-7-14(20(25)26)12-16(17)23-18/h4-12H,1-3H3,(H,25,26). The van der Waals surface area contributed by atoms with E-state index in [9.17, 15) is 9.90 Å². The van der Waals surface area contributed by atoms with E-state index in [1.54, 1.807) is 24.4 Å². The fourth-order valence-electron chi connectivity index (χ4n) is 3.12. The minimum Gasteiger partial charge on any atom is -0.478 e. The van der Waals surface area contributed by atoms with Crippen LogP contribution in [0.5, 0.6) is 0 Å². The molecule has 0 amide bonds. The summed E-state index contributed by atoms with van der Waals surface area (Å²) in [6, 6.07) is 13.2. The van der Waals surface area contributed by atoms with Gasteiger partial charge >= 0.3 is 5.97 Å². The second kappa shape index (κ2) is 5.66. The lowest BCUT2D eigenvalue weighted by Gasteiger charge is -2.20. The molecule has 2 aromatic heterocycles. The molecule has 0 fully saturated rings. The van der Waals surface area contributed by atoms with Crippen LogP contribution in [-0.2, 0) is 5.41 Å². The molecular weight excluding hydrogens is 326 g/mol. The number of fused-ring (bicyclic) bond motifs is 3. The van der Waals surface area contributed by atoms with Crippen molar-refractivity contribution in [3.8, 4) is 11.3 Å². The minimum atomic E-state index is -0.962. The fraction of sp³-hybridized carbons (Fsp3) is 0.190. The highest BCUT2D eigenvalue weighted by Gasteiger charge is 2.17. The van der Waals surface area contributed by atoms with Crippen molar-refractivity contribution in [2.45, 2.75) is 26.2 Å². The topological polar surface area (TPSA) is 67.5 Å². The van der Waals surface area contributed by atoms with Crippen molar-refractivity contribution < 1.29 is 9.90 Å². The summed E-state index contributed by atoms with van der Waals surface area (Å²) in [5.41, 5.74) is 5.39. The SMILES string of the molecule is CC(C)(C)c1cccc(-c2nc3cc(C(=O)O)ccc3n3ccnc23)c1. The van der Waals surface area contributed by atoms with Gasteiger partial charge < -0.3 is 5.11 Å². The summed E-state index contributed by atoms with van der Waals surface area (Å²) in [4.78, 5) is 20.6. The molecule has 4 aromatic rings. The first-order chi connectivity index (χ1) is 12.3. The maximum Gasteiger partial charge on any atom is 0.335 e. The highest BCUT2D eigenvalue weighted by molar-refractivity contribution is 5.94. The van der Waals surface area contributed by atoms with E-state index in [1.165, 1.54) is 5.56 Å². The van der Waals surface area contributed by atoms with Gasteiger partial charge in [0.1, 0.15) is 5.69 Å². The molecule has 0 saturated carbocycles. The fourth-order valence-corrected chi connectivity index (χ4v) is 3.12. The molecule has 0 unspecified atom stereocenters. The summed E-state index contributed by atoms with van der Waals surface area (Å²) in [7, 11) is 0. The molecule has 0 aliphatic heterocycles. The molecular formula is C21H19N3O2. The lowest BCUT2D eigenvalue weighted by molar-refractivity contribution is 0.0697. The third-order valence-electron chi connectivity index (χ3n) is 4.57. The second-order valence-corrected chi connectivity index (χ2v) is 7.42. The van der Waals surface area contributed by atoms with Crippen molar-refractivity contribution >= 4 is 22.6 Å². The first kappa shape index (κ1) is 16.3. The lowest BCUT2D eigenvalue weighted by atomic mass is 9.86. The van der Waals surface area contributed by atoms with Crippen LogP contribution in [0.15, 0.2) is 54.9 Å². The Morgan fingerprint density at radius 3 is 2.65 bits per heavy atom. The largest absolute Gasteiger partial charge is 0.478 e. The summed E-state index contributed by atoms with van der Waals surface area (Å²) in [6.45, 7) is 6.51. The number of carboxylic acid groups (broad SMARTS) is 1. The van der Waals surface area contributed by atoms with Crippen LogP contribution in [0.4, 0.5) is 0 Å². The van der Waals surface area contributed by atoms with Gasteiger partial charge in [-0.1, -0.05) is 39.0 Å². The zero-order chi connectivity index (χ0) is 18.5. The van der Waals surface area contributed by atoms with Gasteiger partial charge in [-0.15, -0.1) is 0 Å². The average molecular weight is 345 g/mol. The van der Waals surface area contributed by atoms with Crippen LogP contribution in [0.2, 0.25) is 0 Å². The zero-order valence-electron chi connectivity index (χ0n) is 14.9. The Labute approximate surface area is 151 Å². The van der Waals surface area contributed by atoms with E-state index in [0.717, 1.165) is 22.4 Å². The van der Waals surface area contributed by atoms with Gasteiger partial charge in [0.05, 0.1) is 16.6 Å². The van der Waals surface area contributed by atoms with Gasteiger partial charge in [0, 0.05) is 18.0 Å². The molecule has 0 atom stereocenters. The average Bonchev–Trinajstić information content (AvgIpc) is 3.09. The molecule has 26 heavy (non-hydrogen) atoms. The van der Waals surface area contributed by atoms with E-state index in [4.69, 9.17) is 4.98 Å². The molecule has 1 N–H and O–H groups in total. The summed E-state index contributed by atoms with van der Waals surface area (Å²) in [6.07, 6.45) is 3.61. The Hall–Kier alpha value is -3.21. The molecule has 0 bridgehead atoms. The number of rotatable bonds is 2. The van der Waals surface area contributed by atoms with E-state index in [1.807, 2.05) is 22.7 Å². The van der Waals surface area contributed by atoms with E-state index in [-0.39, 0.29) is 11.0 Å². The number of imidazole rings is 1. The number of hydrogen-bond acceptors (Lipinski definition) is 3. The van der Waals surface area contributed by atoms with Crippen molar-refractivity contribution in [1.29, 1.82) is 0 Å². The maximum atomic E-state index is 11.3. The highest BCUT2D eigenvalue weighted by atomic mass is 16.4. The zero-order valence-corrected chi connectivity index (χ0v) is 14.9. The number of carbonyl (C=O) groups is 1. The Bertz CT molecular complexity index is 1150. The molecule has 130 valence electrons. The third kappa shape index (κ3) is 2.62. The smallest absolute Gasteiger partial charge is 0.335 e. The van der Waals surface area contributed by atoms with Crippen LogP contribution in [0.25, 0.3) is 27.9 Å². The molecule has 0 aliphatic rings. The van der Waals surface area contributed by atoms with Gasteiger partial charge in [-0.3, -0.25) is 4.40 Å². The molecule has 0 aliphatic carbocycles. The van der Waals surface area contributed by atoms with Crippen LogP contribution in [-0.4, -0.2) is 25.4 Å². The predicted molar refractivity (Wildman–Crippen MR) is 102 cm³/mol. The van der Waals surface area contributed by atoms with Gasteiger partial charge in [0.2, 0.25) is 0 Å². The summed E-state index contributed by atoms with van der Waals surface area (Å²) >= 11 is 0. The van der Waals surface area contributed by atoms with Gasteiger partial charge in [-0.25, -0.2) is 14.8 Å². The predicted octanol–water partition coefficient (Wildman–Crippen LogP) is 4.55. The Morgan fingerprint density at radius 2 is 1.92 bits per heavy atom. The van der Waals surface area contributed by atoms with Crippen molar-refractivity contribution in [2.75, 3.05) is 0 Å². The van der Waals surface area contributed by atoms with E-state index < -0.39 is 5.97 Å². The van der Waals surface area contributed by atoms with Crippen molar-refractivity contribution in [3.05, 3.63) is 66.0 Å². The highest BCUT2D eigenvalue weighted by Crippen LogP contribution is 2.30. The van der Waals surface area contributed by atoms with E-state index >= 15 is 0 Å². The minimum absolute atomic E-state index is 0.0229. The van der Waals surface area contributed by atoms with Crippen LogP contribution in [0, 0.1) is 0 Å². The second-order valence-electron chi connectivity index (χ2n) is 7.42. The summed E-state index contributed by atoms with van der Waals surface area (Å²) in [5.74, 6) is -0.962. The summed E-state index contributed by atoms with van der Waals surface area (Å²) in [5, 5.41) is 9.28. The van der Waals surface area contributed by atoms with Crippen LogP contribution >= 0.6 is 0 Å². The number of benzene rings is 2. The number of aromatic nitrogens is 3. The van der Waals surface area contributed by atoms with Gasteiger partial charge in [0.25, 0.3) is 0 Å². The molecule has 2 aromatic carbocycles. The Morgan fingerprint density at radius 1 is 1.12 bits per heavy atom. The monoisotopic (exact) mass is 345 g/mol. The van der Waals surface area contributed by atoms with Crippen LogP contribution in [0.3, 0.4) is 0 Å². The molecule has 0 saturated heterocycles. The van der Waals surface area contributed by atoms with Crippen molar-refractivity contribution in [3.63, 3.8) is 0 Å². The maximum absolute atomic E-state index is 11.3. The number of carboxylic acids is 1. The number of aromatic carboxylic acids is 1. The van der Waals surface area contributed by atoms with Crippen LogP contribution < -0.4 is 0 Å². The third-order valence-corrected chi connectivity index (χ3v) is 4.57. The number of nitrogens with zero attached hydrogens (tertiary/aromatic N) is 3. The molecule has 4 rings (SSSR count). The Balaban J connectivity index is 2.02. The molecule has 5 heteroatoms. The van der Waals surface area contributed by atoms with Gasteiger partial charge in [-0.2, -0.15) is 0 Å². The lowest BCUT2D eigenvalue weighted by Crippen LogP contribution is -2.10. The van der Waals surface area contributed by atoms with E-state index in [2.05, 4.69) is 37.9 Å². The first-order valence-electron chi connectivity index (χ1n) is 8.45. The molecule has 0 radical (unpaired) electrons. The van der Waals surface area contributed by atoms with Crippen LogP contribution in [0.1, 0.15) is 36.7 Å². The normalized spacial score (nSPS) is 12.0. The van der Waals surface area contributed by atoms with E-state index in [0.29, 0.717) is 5.52 Å². The quantitative estimate of drug-likeness (QED) is 0.579. The first-order valence-corrected chi connectivity index (χ1v) is 8.45. The Kier molecular flexibility index (Phi) is 3.54.